The van der Waals surface area contributed by atoms with Crippen molar-refractivity contribution in [2.45, 2.75) is 96.1 Å². The van der Waals surface area contributed by atoms with Crippen LogP contribution in [-0.2, 0) is 9.53 Å². The molecule has 0 amide bonds. The number of aromatic amines is 1. The first kappa shape index (κ1) is 28.9. The van der Waals surface area contributed by atoms with Gasteiger partial charge in [-0.2, -0.15) is 23.0 Å². The van der Waals surface area contributed by atoms with Crippen LogP contribution in [0.3, 0.4) is 0 Å². The van der Waals surface area contributed by atoms with Gasteiger partial charge < -0.3 is 14.2 Å². The van der Waals surface area contributed by atoms with Crippen LogP contribution >= 0.6 is 0 Å². The number of hydrogen-bond donors (Lipinski definition) is 1. The number of ether oxygens (including phenoxy) is 3. The van der Waals surface area contributed by atoms with Crippen molar-refractivity contribution in [3.8, 4) is 11.8 Å². The van der Waals surface area contributed by atoms with Crippen molar-refractivity contribution in [1.29, 1.82) is 0 Å². The average Bonchev–Trinajstić information content (AvgIpc) is 3.69. The van der Waals surface area contributed by atoms with Gasteiger partial charge in [0.2, 0.25) is 18.0 Å². The first-order chi connectivity index (χ1) is 18.4. The zero-order valence-corrected chi connectivity index (χ0v) is 22.5. The van der Waals surface area contributed by atoms with E-state index in [1.54, 1.807) is 18.5 Å². The molecule has 4 fully saturated rings. The lowest BCUT2D eigenvalue weighted by atomic mass is 9.98. The van der Waals surface area contributed by atoms with E-state index in [2.05, 4.69) is 15.3 Å². The van der Waals surface area contributed by atoms with Gasteiger partial charge in [-0.15, -0.1) is 5.10 Å². The molecule has 0 unspecified atom stereocenters. The minimum atomic E-state index is -4.64. The molecular weight excluding hydrogens is 517 g/mol. The molecule has 4 aliphatic rings. The number of halogens is 3. The third kappa shape index (κ3) is 8.47. The van der Waals surface area contributed by atoms with Crippen LogP contribution in [0.15, 0.2) is 24.5 Å². The molecule has 4 aliphatic carbocycles. The van der Waals surface area contributed by atoms with Crippen molar-refractivity contribution in [3.05, 3.63) is 24.5 Å². The van der Waals surface area contributed by atoms with Crippen LogP contribution in [0, 0.1) is 23.7 Å². The number of aromatic nitrogens is 4. The van der Waals surface area contributed by atoms with E-state index in [1.807, 2.05) is 26.8 Å². The van der Waals surface area contributed by atoms with E-state index in [0.29, 0.717) is 17.9 Å². The molecule has 0 saturated heterocycles. The maximum absolute atomic E-state index is 11.9. The molecule has 39 heavy (non-hydrogen) atoms. The van der Waals surface area contributed by atoms with Crippen molar-refractivity contribution in [3.63, 3.8) is 0 Å². The molecule has 0 aliphatic heterocycles. The van der Waals surface area contributed by atoms with Gasteiger partial charge in [-0.1, -0.05) is 0 Å². The molecule has 12 heteroatoms. The molecule has 0 radical (unpaired) electrons. The smallest absolute Gasteiger partial charge is 0.446 e. The second-order valence-corrected chi connectivity index (χ2v) is 11.8. The van der Waals surface area contributed by atoms with Gasteiger partial charge >= 0.3 is 12.3 Å². The van der Waals surface area contributed by atoms with Crippen molar-refractivity contribution in [2.24, 2.45) is 23.7 Å². The standard InChI is InChI=1S/C15H22N2O3.C10H14N2O.C2HF3O/c1-15(2,3)20-14(18)17-7-6-13(16-17)19-12-9-10-4-5-11(12)8-10;1-2-8-5-7(1)6-9(8)13-10-3-4-11-12-10;3-2(4,5)1-6/h6-7,10-12H,4-5,8-9H2,1-3H3;3-4,7-9H,1-2,5-6H2,(H,11,12);1H/t10-,11+,12-;7-,8+,9-;/m00./s1. The molecule has 2 aromatic rings. The number of rotatable bonds is 4. The van der Waals surface area contributed by atoms with Gasteiger partial charge in [-0.05, 0) is 95.8 Å². The van der Waals surface area contributed by atoms with Crippen LogP contribution in [0.25, 0.3) is 0 Å². The Morgan fingerprint density at radius 1 is 0.974 bits per heavy atom. The quantitative estimate of drug-likeness (QED) is 0.465. The van der Waals surface area contributed by atoms with Crippen LogP contribution in [0.1, 0.15) is 72.1 Å². The monoisotopic (exact) mass is 554 g/mol. The number of carbonyl (C=O) groups is 2. The number of fused-ring (bicyclic) bond motifs is 4. The Morgan fingerprint density at radius 3 is 2.00 bits per heavy atom. The van der Waals surface area contributed by atoms with Gasteiger partial charge in [0.15, 0.2) is 0 Å². The molecule has 9 nitrogen and oxygen atoms in total. The van der Waals surface area contributed by atoms with E-state index in [1.165, 1.54) is 49.6 Å². The molecule has 2 aromatic heterocycles. The zero-order valence-electron chi connectivity index (χ0n) is 22.5. The fourth-order valence-electron chi connectivity index (χ4n) is 6.07. The summed E-state index contributed by atoms with van der Waals surface area (Å²) in [5, 5.41) is 10.9. The zero-order chi connectivity index (χ0) is 28.2. The second-order valence-electron chi connectivity index (χ2n) is 11.8. The number of nitrogens with one attached hydrogen (secondary N) is 1. The van der Waals surface area contributed by atoms with E-state index < -0.39 is 24.2 Å². The maximum atomic E-state index is 11.9. The van der Waals surface area contributed by atoms with Gasteiger partial charge in [-0.3, -0.25) is 4.79 Å². The SMILES string of the molecule is CC(C)(C)OC(=O)n1ccc(O[C@H]2C[C@H]3CC[C@@H]2C3)n1.O=CC(F)(F)F.c1cc(O[C@H]2C[C@H]3CC[C@@H]2C3)[nH]n1. The third-order valence-electron chi connectivity index (χ3n) is 7.65. The van der Waals surface area contributed by atoms with Crippen LogP contribution in [0.5, 0.6) is 11.8 Å². The lowest BCUT2D eigenvalue weighted by Gasteiger charge is -2.21. The minimum absolute atomic E-state index is 0.274. The molecule has 0 spiro atoms. The lowest BCUT2D eigenvalue weighted by molar-refractivity contribution is -0.156. The summed E-state index contributed by atoms with van der Waals surface area (Å²) < 4.78 is 49.5. The summed E-state index contributed by atoms with van der Waals surface area (Å²) in [6.45, 7) is 5.50. The van der Waals surface area contributed by atoms with E-state index in [0.717, 1.165) is 30.1 Å². The molecule has 4 bridgehead atoms. The van der Waals surface area contributed by atoms with Gasteiger partial charge in [0.05, 0.1) is 6.20 Å². The number of hydrogen-bond acceptors (Lipinski definition) is 7. The summed E-state index contributed by atoms with van der Waals surface area (Å²) >= 11 is 0. The van der Waals surface area contributed by atoms with Gasteiger partial charge in [0.1, 0.15) is 17.8 Å². The Bertz CT molecular complexity index is 1080. The summed E-state index contributed by atoms with van der Waals surface area (Å²) in [7, 11) is 0. The highest BCUT2D eigenvalue weighted by Crippen LogP contribution is 2.46. The predicted octanol–water partition coefficient (Wildman–Crippen LogP) is 5.96. The summed E-state index contributed by atoms with van der Waals surface area (Å²) in [6, 6.07) is 3.63. The van der Waals surface area contributed by atoms with Gasteiger partial charge in [0, 0.05) is 18.3 Å². The Balaban J connectivity index is 0.000000158. The Labute approximate surface area is 225 Å². The summed E-state index contributed by atoms with van der Waals surface area (Å²) in [4.78, 5) is 20.6. The minimum Gasteiger partial charge on any atom is -0.474 e. The van der Waals surface area contributed by atoms with Gasteiger partial charge in [0.25, 0.3) is 0 Å². The van der Waals surface area contributed by atoms with E-state index in [-0.39, 0.29) is 6.10 Å². The Morgan fingerprint density at radius 2 is 1.56 bits per heavy atom. The normalized spacial score (nSPS) is 28.7. The molecule has 216 valence electrons. The first-order valence-electron chi connectivity index (χ1n) is 13.5. The number of nitrogens with zero attached hydrogens (tertiary/aromatic N) is 3. The predicted molar refractivity (Wildman–Crippen MR) is 134 cm³/mol. The van der Waals surface area contributed by atoms with E-state index in [4.69, 9.17) is 19.0 Å². The van der Waals surface area contributed by atoms with Crippen LogP contribution in [-0.4, -0.2) is 56.3 Å². The molecule has 6 rings (SSSR count). The number of aldehydes is 1. The summed E-state index contributed by atoms with van der Waals surface area (Å²) in [6.07, 6.45) is 8.35. The number of H-pyrrole nitrogens is 1. The fraction of sp³-hybridized carbons (Fsp3) is 0.704. The summed E-state index contributed by atoms with van der Waals surface area (Å²) in [5.74, 6) is 4.61. The largest absolute Gasteiger partial charge is 0.474 e. The van der Waals surface area contributed by atoms with Crippen LogP contribution in [0.4, 0.5) is 18.0 Å². The topological polar surface area (TPSA) is 108 Å². The molecular formula is C27H37F3N4O5. The molecule has 4 saturated carbocycles. The van der Waals surface area contributed by atoms with E-state index in [9.17, 15) is 18.0 Å². The highest BCUT2D eigenvalue weighted by Gasteiger charge is 2.42. The van der Waals surface area contributed by atoms with Gasteiger partial charge in [-0.25, -0.2) is 9.89 Å². The van der Waals surface area contributed by atoms with Crippen molar-refractivity contribution >= 4 is 12.4 Å². The van der Waals surface area contributed by atoms with Crippen molar-refractivity contribution < 1.29 is 37.0 Å². The number of alkyl halides is 3. The van der Waals surface area contributed by atoms with E-state index >= 15 is 0 Å². The average molecular weight is 555 g/mol. The van der Waals surface area contributed by atoms with Crippen LogP contribution in [0.2, 0.25) is 0 Å². The number of carbonyl (C=O) groups excluding carboxylic acids is 2. The Kier molecular flexibility index (Phi) is 8.90. The second kappa shape index (κ2) is 12.0. The fourth-order valence-corrected chi connectivity index (χ4v) is 6.07. The van der Waals surface area contributed by atoms with Crippen molar-refractivity contribution in [2.75, 3.05) is 0 Å². The molecule has 0 aromatic carbocycles. The maximum Gasteiger partial charge on any atom is 0.446 e. The summed E-state index contributed by atoms with van der Waals surface area (Å²) in [5.41, 5.74) is -0.519. The van der Waals surface area contributed by atoms with Crippen molar-refractivity contribution in [1.82, 2.24) is 20.0 Å². The first-order valence-corrected chi connectivity index (χ1v) is 13.5. The highest BCUT2D eigenvalue weighted by molar-refractivity contribution is 5.69. The lowest BCUT2D eigenvalue weighted by Crippen LogP contribution is -2.27. The third-order valence-corrected chi connectivity index (χ3v) is 7.65. The Hall–Kier alpha value is -3.05. The molecule has 6 atom stereocenters. The highest BCUT2D eigenvalue weighted by atomic mass is 19.4. The molecule has 2 heterocycles. The van der Waals surface area contributed by atoms with Crippen LogP contribution < -0.4 is 9.47 Å². The molecule has 1 N–H and O–H groups in total.